The van der Waals surface area contributed by atoms with E-state index >= 15 is 0 Å². The third-order valence-electron chi connectivity index (χ3n) is 2.14. The Morgan fingerprint density at radius 1 is 1.45 bits per heavy atom. The SMILES string of the molecule is NC12COC(CC(O)C1O)O2. The molecule has 64 valence electrons. The summed E-state index contributed by atoms with van der Waals surface area (Å²) in [6.45, 7) is 0.149. The highest BCUT2D eigenvalue weighted by atomic mass is 16.7. The largest absolute Gasteiger partial charge is 0.390 e. The van der Waals surface area contributed by atoms with Crippen molar-refractivity contribution in [2.75, 3.05) is 6.61 Å². The van der Waals surface area contributed by atoms with Gasteiger partial charge in [-0.05, 0) is 0 Å². The van der Waals surface area contributed by atoms with Gasteiger partial charge in [0.05, 0.1) is 12.7 Å². The number of aliphatic hydroxyl groups is 2. The van der Waals surface area contributed by atoms with Crippen molar-refractivity contribution in [2.24, 2.45) is 5.73 Å². The summed E-state index contributed by atoms with van der Waals surface area (Å²) < 4.78 is 10.2. The van der Waals surface area contributed by atoms with Crippen molar-refractivity contribution in [2.45, 2.75) is 30.6 Å². The summed E-state index contributed by atoms with van der Waals surface area (Å²) >= 11 is 0. The molecule has 0 aliphatic carbocycles. The summed E-state index contributed by atoms with van der Waals surface area (Å²) in [6, 6.07) is 0. The number of nitrogens with two attached hydrogens (primary N) is 1. The van der Waals surface area contributed by atoms with Crippen LogP contribution in [-0.4, -0.2) is 41.0 Å². The summed E-state index contributed by atoms with van der Waals surface area (Å²) in [5, 5.41) is 18.6. The van der Waals surface area contributed by atoms with Crippen LogP contribution in [0.2, 0.25) is 0 Å². The standard InChI is InChI=1S/C6H11NO4/c7-6-2-10-4(11-6)1-3(8)5(6)9/h3-5,8-9H,1-2,7H2. The maximum atomic E-state index is 9.34. The Hall–Kier alpha value is -0.200. The molecule has 0 aromatic rings. The Kier molecular flexibility index (Phi) is 1.45. The van der Waals surface area contributed by atoms with E-state index in [9.17, 15) is 10.2 Å². The summed E-state index contributed by atoms with van der Waals surface area (Å²) in [5.74, 6) is 0. The molecule has 0 aromatic heterocycles. The Bertz CT molecular complexity index is 176. The molecule has 2 saturated heterocycles. The molecule has 11 heavy (non-hydrogen) atoms. The maximum Gasteiger partial charge on any atom is 0.172 e. The van der Waals surface area contributed by atoms with Gasteiger partial charge in [0.15, 0.2) is 12.0 Å². The van der Waals surface area contributed by atoms with Gasteiger partial charge in [-0.25, -0.2) is 0 Å². The molecule has 4 N–H and O–H groups in total. The van der Waals surface area contributed by atoms with Crippen molar-refractivity contribution in [1.82, 2.24) is 0 Å². The fourth-order valence-corrected chi connectivity index (χ4v) is 1.46. The van der Waals surface area contributed by atoms with Gasteiger partial charge in [0.1, 0.15) is 6.10 Å². The lowest BCUT2D eigenvalue weighted by Gasteiger charge is -2.35. The highest BCUT2D eigenvalue weighted by molar-refractivity contribution is 4.95. The lowest BCUT2D eigenvalue weighted by molar-refractivity contribution is -0.207. The zero-order chi connectivity index (χ0) is 8.06. The molecule has 2 rings (SSSR count). The zero-order valence-corrected chi connectivity index (χ0v) is 5.93. The molecular weight excluding hydrogens is 150 g/mol. The lowest BCUT2D eigenvalue weighted by Crippen LogP contribution is -2.60. The lowest BCUT2D eigenvalue weighted by atomic mass is 9.99. The first-order valence-corrected chi connectivity index (χ1v) is 3.56. The minimum absolute atomic E-state index is 0.149. The number of ether oxygens (including phenoxy) is 2. The van der Waals surface area contributed by atoms with Crippen LogP contribution in [0.3, 0.4) is 0 Å². The topological polar surface area (TPSA) is 84.9 Å². The van der Waals surface area contributed by atoms with E-state index in [1.54, 1.807) is 0 Å². The van der Waals surface area contributed by atoms with E-state index in [0.29, 0.717) is 6.42 Å². The normalized spacial score (nSPS) is 56.5. The smallest absolute Gasteiger partial charge is 0.172 e. The molecule has 2 bridgehead atoms. The van der Waals surface area contributed by atoms with Gasteiger partial charge < -0.3 is 19.7 Å². The zero-order valence-electron chi connectivity index (χ0n) is 5.93. The highest BCUT2D eigenvalue weighted by Crippen LogP contribution is 2.32. The molecule has 4 unspecified atom stereocenters. The van der Waals surface area contributed by atoms with Gasteiger partial charge >= 0.3 is 0 Å². The van der Waals surface area contributed by atoms with E-state index in [1.165, 1.54) is 0 Å². The third kappa shape index (κ3) is 0.969. The van der Waals surface area contributed by atoms with Crippen LogP contribution in [0.4, 0.5) is 0 Å². The molecule has 2 fully saturated rings. The molecule has 5 nitrogen and oxygen atoms in total. The van der Waals surface area contributed by atoms with Crippen LogP contribution in [0.1, 0.15) is 6.42 Å². The fourth-order valence-electron chi connectivity index (χ4n) is 1.46. The molecule has 0 saturated carbocycles. The molecule has 0 radical (unpaired) electrons. The summed E-state index contributed by atoms with van der Waals surface area (Å²) in [7, 11) is 0. The van der Waals surface area contributed by atoms with Crippen molar-refractivity contribution in [3.05, 3.63) is 0 Å². The van der Waals surface area contributed by atoms with E-state index in [0.717, 1.165) is 0 Å². The number of hydrogen-bond acceptors (Lipinski definition) is 5. The minimum Gasteiger partial charge on any atom is -0.390 e. The maximum absolute atomic E-state index is 9.34. The van der Waals surface area contributed by atoms with Gasteiger partial charge in [-0.1, -0.05) is 0 Å². The van der Waals surface area contributed by atoms with Crippen LogP contribution in [0.25, 0.3) is 0 Å². The van der Waals surface area contributed by atoms with Crippen LogP contribution in [0.5, 0.6) is 0 Å². The quantitative estimate of drug-likeness (QED) is 0.388. The Balaban J connectivity index is 2.21. The average molecular weight is 161 g/mol. The Labute approximate surface area is 63.7 Å². The second-order valence-electron chi connectivity index (χ2n) is 3.06. The predicted molar refractivity (Wildman–Crippen MR) is 34.4 cm³/mol. The van der Waals surface area contributed by atoms with Gasteiger partial charge in [0.2, 0.25) is 0 Å². The second kappa shape index (κ2) is 2.15. The monoisotopic (exact) mass is 161 g/mol. The van der Waals surface area contributed by atoms with Crippen molar-refractivity contribution in [3.63, 3.8) is 0 Å². The Morgan fingerprint density at radius 3 is 2.91 bits per heavy atom. The molecule has 5 heteroatoms. The van der Waals surface area contributed by atoms with E-state index in [2.05, 4.69) is 0 Å². The minimum atomic E-state index is -1.19. The van der Waals surface area contributed by atoms with Gasteiger partial charge in [-0.2, -0.15) is 0 Å². The molecule has 2 heterocycles. The van der Waals surface area contributed by atoms with Crippen LogP contribution >= 0.6 is 0 Å². The highest BCUT2D eigenvalue weighted by Gasteiger charge is 2.52. The summed E-state index contributed by atoms with van der Waals surface area (Å²) in [5.41, 5.74) is 4.38. The predicted octanol–water partition coefficient (Wildman–Crippen LogP) is -1.86. The third-order valence-corrected chi connectivity index (χ3v) is 2.14. The van der Waals surface area contributed by atoms with Crippen LogP contribution in [0.15, 0.2) is 0 Å². The molecule has 0 spiro atoms. The van der Waals surface area contributed by atoms with Gasteiger partial charge in [0.25, 0.3) is 0 Å². The van der Waals surface area contributed by atoms with Crippen molar-refractivity contribution >= 4 is 0 Å². The van der Waals surface area contributed by atoms with Crippen molar-refractivity contribution in [1.29, 1.82) is 0 Å². The first kappa shape index (κ1) is 7.45. The van der Waals surface area contributed by atoms with Gasteiger partial charge in [0, 0.05) is 6.42 Å². The summed E-state index contributed by atoms with van der Waals surface area (Å²) in [6.07, 6.45) is -2.03. The van der Waals surface area contributed by atoms with E-state index in [4.69, 9.17) is 15.2 Å². The summed E-state index contributed by atoms with van der Waals surface area (Å²) in [4.78, 5) is 0. The molecule has 0 amide bonds. The Morgan fingerprint density at radius 2 is 2.18 bits per heavy atom. The second-order valence-corrected chi connectivity index (χ2v) is 3.06. The van der Waals surface area contributed by atoms with E-state index in [-0.39, 0.29) is 6.61 Å². The van der Waals surface area contributed by atoms with E-state index in [1.807, 2.05) is 0 Å². The van der Waals surface area contributed by atoms with E-state index < -0.39 is 24.2 Å². The number of rotatable bonds is 0. The fraction of sp³-hybridized carbons (Fsp3) is 1.00. The average Bonchev–Trinajstić information content (AvgIpc) is 2.27. The molecule has 0 aromatic carbocycles. The van der Waals surface area contributed by atoms with Gasteiger partial charge in [-0.15, -0.1) is 0 Å². The van der Waals surface area contributed by atoms with Crippen LogP contribution < -0.4 is 5.73 Å². The molecule has 2 aliphatic heterocycles. The van der Waals surface area contributed by atoms with Gasteiger partial charge in [-0.3, -0.25) is 5.73 Å². The first-order chi connectivity index (χ1) is 5.12. The van der Waals surface area contributed by atoms with Crippen molar-refractivity contribution in [3.8, 4) is 0 Å². The first-order valence-electron chi connectivity index (χ1n) is 3.56. The molecule has 2 aliphatic rings. The molecular formula is C6H11NO4. The number of hydrogen-bond donors (Lipinski definition) is 3. The number of aliphatic hydroxyl groups excluding tert-OH is 2. The number of fused-ring (bicyclic) bond motifs is 2. The van der Waals surface area contributed by atoms with Crippen LogP contribution in [0, 0.1) is 0 Å². The van der Waals surface area contributed by atoms with Crippen LogP contribution in [-0.2, 0) is 9.47 Å². The molecule has 4 atom stereocenters. The van der Waals surface area contributed by atoms with Crippen molar-refractivity contribution < 1.29 is 19.7 Å².